The van der Waals surface area contributed by atoms with E-state index in [1.54, 1.807) is 6.08 Å². The monoisotopic (exact) mass is 338 g/mol. The van der Waals surface area contributed by atoms with Gasteiger partial charge in [0.25, 0.3) is 0 Å². The largest absolute Gasteiger partial charge is 0.304 e. The molecule has 18 heavy (non-hydrogen) atoms. The molecule has 0 bridgehead atoms. The summed E-state index contributed by atoms with van der Waals surface area (Å²) < 4.78 is 38.4. The molecule has 102 valence electrons. The summed E-state index contributed by atoms with van der Waals surface area (Å²) in [6.07, 6.45) is 5.69. The quantitative estimate of drug-likeness (QED) is 0.708. The fraction of sp³-hybridized carbons (Fsp3) is 0.636. The van der Waals surface area contributed by atoms with Gasteiger partial charge in [0.15, 0.2) is 0 Å². The highest BCUT2D eigenvalue weighted by Crippen LogP contribution is 2.35. The molecule has 0 saturated carbocycles. The fourth-order valence-electron chi connectivity index (χ4n) is 2.07. The zero-order chi connectivity index (χ0) is 13.4. The molecule has 2 rings (SSSR count). The number of hydrogen-bond acceptors (Lipinski definition) is 3. The summed E-state index contributed by atoms with van der Waals surface area (Å²) in [7, 11) is -1.73. The van der Waals surface area contributed by atoms with Gasteiger partial charge < -0.3 is 4.90 Å². The summed E-state index contributed by atoms with van der Waals surface area (Å²) in [5.74, 6) is 0. The molecule has 0 amide bonds. The van der Waals surface area contributed by atoms with E-state index in [2.05, 4.69) is 20.8 Å². The molecule has 4 nitrogen and oxygen atoms in total. The van der Waals surface area contributed by atoms with Gasteiger partial charge in [-0.1, -0.05) is 18.2 Å². The van der Waals surface area contributed by atoms with Crippen LogP contribution in [-0.2, 0) is 10.0 Å². The maximum atomic E-state index is 14.2. The van der Waals surface area contributed by atoms with Gasteiger partial charge >= 0.3 is 0 Å². The van der Waals surface area contributed by atoms with E-state index in [-0.39, 0.29) is 0 Å². The third kappa shape index (κ3) is 2.68. The third-order valence-electron chi connectivity index (χ3n) is 3.24. The number of likely N-dealkylation sites (N-methyl/N-ethyl adjacent to an activating group) is 1. The van der Waals surface area contributed by atoms with E-state index >= 15 is 0 Å². The van der Waals surface area contributed by atoms with Crippen molar-refractivity contribution in [3.05, 3.63) is 24.3 Å². The summed E-state index contributed by atoms with van der Waals surface area (Å²) in [6.45, 7) is 2.17. The number of rotatable bonds is 2. The van der Waals surface area contributed by atoms with Crippen LogP contribution < -0.4 is 0 Å². The topological polar surface area (TPSA) is 40.6 Å². The Morgan fingerprint density at radius 3 is 2.44 bits per heavy atom. The highest BCUT2D eigenvalue weighted by molar-refractivity contribution is 9.10. The smallest absolute Gasteiger partial charge is 0.225 e. The Morgan fingerprint density at radius 1 is 1.28 bits per heavy atom. The van der Waals surface area contributed by atoms with Crippen molar-refractivity contribution in [2.75, 3.05) is 33.2 Å². The molecule has 0 N–H and O–H groups in total. The first-order valence-corrected chi connectivity index (χ1v) is 8.05. The van der Waals surface area contributed by atoms with E-state index in [4.69, 9.17) is 0 Å². The number of alkyl halides is 2. The van der Waals surface area contributed by atoms with Crippen molar-refractivity contribution in [1.29, 1.82) is 0 Å². The lowest BCUT2D eigenvalue weighted by Crippen LogP contribution is -2.52. The fourth-order valence-corrected chi connectivity index (χ4v) is 4.85. The molecule has 2 unspecified atom stereocenters. The van der Waals surface area contributed by atoms with Crippen LogP contribution in [0.4, 0.5) is 4.39 Å². The molecule has 1 aliphatic carbocycles. The molecule has 0 spiro atoms. The third-order valence-corrected chi connectivity index (χ3v) is 6.53. The van der Waals surface area contributed by atoms with Gasteiger partial charge in [0, 0.05) is 26.2 Å². The second-order valence-corrected chi connectivity index (χ2v) is 7.86. The van der Waals surface area contributed by atoms with Crippen molar-refractivity contribution in [3.8, 4) is 0 Å². The zero-order valence-corrected chi connectivity index (χ0v) is 12.5. The van der Waals surface area contributed by atoms with Crippen LogP contribution in [-0.4, -0.2) is 60.7 Å². The predicted molar refractivity (Wildman–Crippen MR) is 72.8 cm³/mol. The summed E-state index contributed by atoms with van der Waals surface area (Å²) in [6, 6.07) is 0. The van der Waals surface area contributed by atoms with Gasteiger partial charge in [-0.2, -0.15) is 4.31 Å². The number of nitrogens with zero attached hydrogens (tertiary/aromatic N) is 2. The van der Waals surface area contributed by atoms with Gasteiger partial charge in [-0.05, 0) is 29.1 Å². The van der Waals surface area contributed by atoms with Gasteiger partial charge in [0.05, 0.1) is 0 Å². The highest BCUT2D eigenvalue weighted by atomic mass is 79.9. The molecular weight excluding hydrogens is 323 g/mol. The minimum atomic E-state index is -3.67. The molecule has 1 aliphatic heterocycles. The minimum Gasteiger partial charge on any atom is -0.304 e. The average Bonchev–Trinajstić information content (AvgIpc) is 2.28. The van der Waals surface area contributed by atoms with Crippen LogP contribution in [0.15, 0.2) is 24.3 Å². The van der Waals surface area contributed by atoms with E-state index in [1.807, 2.05) is 7.05 Å². The molecule has 1 saturated heterocycles. The number of sulfonamides is 1. The Labute approximate surface area is 115 Å². The van der Waals surface area contributed by atoms with Crippen LogP contribution >= 0.6 is 15.9 Å². The van der Waals surface area contributed by atoms with Gasteiger partial charge in [-0.25, -0.2) is 12.8 Å². The lowest BCUT2D eigenvalue weighted by atomic mass is 10.1. The molecule has 0 aromatic heterocycles. The Balaban J connectivity index is 2.21. The Hall–Kier alpha value is -0.240. The summed E-state index contributed by atoms with van der Waals surface area (Å²) in [4.78, 5) is 2.06. The van der Waals surface area contributed by atoms with Crippen molar-refractivity contribution in [3.63, 3.8) is 0 Å². The Kier molecular flexibility index (Phi) is 3.96. The number of halogens is 2. The van der Waals surface area contributed by atoms with Crippen LogP contribution in [0.2, 0.25) is 0 Å². The van der Waals surface area contributed by atoms with Crippen LogP contribution in [0.1, 0.15) is 0 Å². The second kappa shape index (κ2) is 5.03. The van der Waals surface area contributed by atoms with Crippen molar-refractivity contribution in [1.82, 2.24) is 9.21 Å². The van der Waals surface area contributed by atoms with E-state index in [1.165, 1.54) is 22.5 Å². The molecule has 1 fully saturated rings. The van der Waals surface area contributed by atoms with E-state index in [9.17, 15) is 12.8 Å². The average molecular weight is 339 g/mol. The summed E-state index contributed by atoms with van der Waals surface area (Å²) >= 11 is 2.85. The number of piperazine rings is 1. The molecular formula is C11H16BrFN2O2S. The Bertz CT molecular complexity index is 467. The van der Waals surface area contributed by atoms with Crippen LogP contribution in [0.3, 0.4) is 0 Å². The highest BCUT2D eigenvalue weighted by Gasteiger charge is 2.45. The van der Waals surface area contributed by atoms with Crippen molar-refractivity contribution < 1.29 is 12.8 Å². The first-order chi connectivity index (χ1) is 8.34. The molecule has 2 aliphatic rings. The molecule has 0 radical (unpaired) electrons. The first kappa shape index (κ1) is 14.2. The maximum Gasteiger partial charge on any atom is 0.225 e. The molecule has 0 aromatic rings. The lowest BCUT2D eigenvalue weighted by Gasteiger charge is -2.36. The van der Waals surface area contributed by atoms with E-state index in [0.717, 1.165) is 0 Å². The molecule has 1 heterocycles. The van der Waals surface area contributed by atoms with Gasteiger partial charge in [0.2, 0.25) is 14.6 Å². The van der Waals surface area contributed by atoms with Crippen LogP contribution in [0, 0.1) is 0 Å². The van der Waals surface area contributed by atoms with Crippen molar-refractivity contribution >= 4 is 26.0 Å². The summed E-state index contributed by atoms with van der Waals surface area (Å²) in [5.41, 5.74) is 0. The van der Waals surface area contributed by atoms with E-state index in [0.29, 0.717) is 26.2 Å². The zero-order valence-electron chi connectivity index (χ0n) is 10.1. The predicted octanol–water partition coefficient (Wildman–Crippen LogP) is 1.12. The Morgan fingerprint density at radius 2 is 1.89 bits per heavy atom. The summed E-state index contributed by atoms with van der Waals surface area (Å²) in [5, 5.41) is -1.20. The first-order valence-electron chi connectivity index (χ1n) is 5.75. The molecule has 0 aromatic carbocycles. The number of allylic oxidation sites excluding steroid dienone is 3. The van der Waals surface area contributed by atoms with Gasteiger partial charge in [0.1, 0.15) is 5.25 Å². The van der Waals surface area contributed by atoms with Crippen LogP contribution in [0.5, 0.6) is 0 Å². The normalized spacial score (nSPS) is 34.9. The van der Waals surface area contributed by atoms with E-state index < -0.39 is 19.9 Å². The second-order valence-electron chi connectivity index (χ2n) is 4.59. The lowest BCUT2D eigenvalue weighted by molar-refractivity contribution is 0.219. The van der Waals surface area contributed by atoms with Crippen molar-refractivity contribution in [2.45, 2.75) is 9.83 Å². The van der Waals surface area contributed by atoms with Crippen LogP contribution in [0.25, 0.3) is 0 Å². The standard InChI is InChI=1S/C11H16BrFN2O2S/c1-14-6-8-15(9-7-14)18(16,17)10-4-2-3-5-11(10,12)13/h2-5,10H,6-9H2,1H3. The SMILES string of the molecule is CN1CCN(S(=O)(=O)C2C=CC=CC2(F)Br)CC1. The number of hydrogen-bond donors (Lipinski definition) is 0. The minimum absolute atomic E-state index is 0.413. The molecule has 2 atom stereocenters. The van der Waals surface area contributed by atoms with Gasteiger partial charge in [-0.15, -0.1) is 0 Å². The van der Waals surface area contributed by atoms with Crippen molar-refractivity contribution in [2.24, 2.45) is 0 Å². The van der Waals surface area contributed by atoms with Gasteiger partial charge in [-0.3, -0.25) is 0 Å². The molecule has 7 heteroatoms. The maximum absolute atomic E-state index is 14.2.